The Hall–Kier alpha value is 0.397. The average Bonchev–Trinajstić information content (AvgIpc) is 3.01. The molecule has 200 valence electrons. The average molecular weight is 628 g/mol. The Morgan fingerprint density at radius 2 is 1.89 bits per heavy atom. The predicted octanol–water partition coefficient (Wildman–Crippen LogP) is 2.77. The third-order valence-corrected chi connectivity index (χ3v) is 16.3. The monoisotopic (exact) mass is 627 g/mol. The SMILES string of the molecule is Cc1cn([C@H]2C[C@H](O[P+](=S)OP(O)(=S)OP(O)(O)=S)[C@@H](CO[Si](C)(C)C(C)(C)C)O2)c(=O)[nH]c1=O. The fraction of sp³-hybridized carbons (Fsp3) is 0.750. The van der Waals surface area contributed by atoms with E-state index in [0.717, 1.165) is 0 Å². The van der Waals surface area contributed by atoms with Gasteiger partial charge in [0.15, 0.2) is 8.32 Å². The van der Waals surface area contributed by atoms with E-state index < -0.39 is 58.6 Å². The maximum atomic E-state index is 12.4. The molecule has 0 bridgehead atoms. The number of rotatable bonds is 10. The quantitative estimate of drug-likeness (QED) is 0.222. The normalized spacial score (nSPS) is 23.8. The molecule has 1 aromatic rings. The van der Waals surface area contributed by atoms with Crippen LogP contribution in [0.5, 0.6) is 0 Å². The summed E-state index contributed by atoms with van der Waals surface area (Å²) in [6.07, 6.45) is -0.687. The molecule has 1 aliphatic rings. The molecule has 1 saturated heterocycles. The van der Waals surface area contributed by atoms with Gasteiger partial charge < -0.3 is 23.8 Å². The summed E-state index contributed by atoms with van der Waals surface area (Å²) in [7, 11) is -4.47. The van der Waals surface area contributed by atoms with Crippen LogP contribution in [0.2, 0.25) is 18.1 Å². The van der Waals surface area contributed by atoms with E-state index in [-0.39, 0.29) is 18.1 Å². The van der Waals surface area contributed by atoms with Crippen LogP contribution in [0.25, 0.3) is 0 Å². The molecule has 0 aliphatic carbocycles. The molecule has 2 unspecified atom stereocenters. The van der Waals surface area contributed by atoms with Crippen LogP contribution >= 0.6 is 20.6 Å². The van der Waals surface area contributed by atoms with Crippen LogP contribution in [0.4, 0.5) is 0 Å². The van der Waals surface area contributed by atoms with Gasteiger partial charge in [-0.2, -0.15) is 0 Å². The first-order valence-electron chi connectivity index (χ1n) is 10.3. The highest BCUT2D eigenvalue weighted by Gasteiger charge is 2.46. The van der Waals surface area contributed by atoms with Crippen LogP contribution in [0.3, 0.4) is 0 Å². The second-order valence-electron chi connectivity index (χ2n) is 9.40. The van der Waals surface area contributed by atoms with Gasteiger partial charge in [0.2, 0.25) is 11.8 Å². The zero-order chi connectivity index (χ0) is 27.0. The van der Waals surface area contributed by atoms with E-state index in [9.17, 15) is 24.3 Å². The standard InChI is InChI=1S/C16H29N2O10P3S3Si/c1-10-8-18(15(20)17-14(10)19)13-7-11(12(25-13)9-24-35(5,6)16(2,3)4)26-29(32)27-31(23,34)28-30(21,22)33/h8,11-13H,7,9H2,1-6H3,(H3-,17,19,20,21,22,23,33,34)/p+1/t11-,12+,13+,31?/m0/s1. The van der Waals surface area contributed by atoms with Crippen LogP contribution < -0.4 is 11.2 Å². The lowest BCUT2D eigenvalue weighted by molar-refractivity contribution is -0.0388. The third-order valence-electron chi connectivity index (χ3n) is 5.65. The highest BCUT2D eigenvalue weighted by atomic mass is 32.5. The van der Waals surface area contributed by atoms with E-state index in [4.69, 9.17) is 41.6 Å². The second-order valence-corrected chi connectivity index (χ2v) is 21.8. The van der Waals surface area contributed by atoms with Crippen LogP contribution in [0.1, 0.15) is 39.0 Å². The lowest BCUT2D eigenvalue weighted by Gasteiger charge is -2.37. The summed E-state index contributed by atoms with van der Waals surface area (Å²) in [4.78, 5) is 54.9. The van der Waals surface area contributed by atoms with E-state index in [1.165, 1.54) is 10.8 Å². The van der Waals surface area contributed by atoms with Crippen molar-refractivity contribution in [3.8, 4) is 0 Å². The van der Waals surface area contributed by atoms with Gasteiger partial charge in [0.1, 0.15) is 18.4 Å². The fourth-order valence-electron chi connectivity index (χ4n) is 2.80. The maximum Gasteiger partial charge on any atom is 0.531 e. The molecule has 0 spiro atoms. The molecular weight excluding hydrogens is 597 g/mol. The topological polar surface area (TPSA) is 162 Å². The van der Waals surface area contributed by atoms with E-state index in [2.05, 4.69) is 55.0 Å². The van der Waals surface area contributed by atoms with E-state index in [1.807, 2.05) is 0 Å². The molecule has 12 nitrogen and oxygen atoms in total. The number of aromatic nitrogens is 2. The van der Waals surface area contributed by atoms with Gasteiger partial charge in [0.05, 0.1) is 6.61 Å². The first-order valence-corrected chi connectivity index (χ1v) is 20.6. The number of ether oxygens (including phenoxy) is 1. The molecule has 1 aliphatic heterocycles. The molecule has 5 atom stereocenters. The van der Waals surface area contributed by atoms with Gasteiger partial charge in [-0.3, -0.25) is 14.3 Å². The predicted molar refractivity (Wildman–Crippen MR) is 144 cm³/mol. The molecule has 1 fully saturated rings. The number of hydrogen-bond donors (Lipinski definition) is 4. The summed E-state index contributed by atoms with van der Waals surface area (Å²) in [5.74, 6) is 0. The molecule has 1 aromatic heterocycles. The van der Waals surface area contributed by atoms with Crippen molar-refractivity contribution in [2.75, 3.05) is 6.61 Å². The van der Waals surface area contributed by atoms with Crippen molar-refractivity contribution in [1.29, 1.82) is 0 Å². The molecule has 0 saturated carbocycles. The van der Waals surface area contributed by atoms with E-state index >= 15 is 0 Å². The van der Waals surface area contributed by atoms with Crippen LogP contribution in [0.15, 0.2) is 15.8 Å². The minimum absolute atomic E-state index is 0.0723. The van der Waals surface area contributed by atoms with Gasteiger partial charge in [-0.15, -0.1) is 4.52 Å². The second kappa shape index (κ2) is 11.6. The summed E-state index contributed by atoms with van der Waals surface area (Å²) in [6.45, 7) is 3.61. The van der Waals surface area contributed by atoms with Gasteiger partial charge in [0.25, 0.3) is 5.56 Å². The van der Waals surface area contributed by atoms with E-state index in [0.29, 0.717) is 5.56 Å². The minimum Gasteiger partial charge on any atom is -0.414 e. The number of hydrogen-bond acceptors (Lipinski definition) is 10. The lowest BCUT2D eigenvalue weighted by Crippen LogP contribution is -2.44. The zero-order valence-electron chi connectivity index (χ0n) is 19.9. The Morgan fingerprint density at radius 1 is 1.29 bits per heavy atom. The number of aryl methyl sites for hydroxylation is 1. The Morgan fingerprint density at radius 3 is 2.43 bits per heavy atom. The van der Waals surface area contributed by atoms with Crippen molar-refractivity contribution >= 4 is 64.3 Å². The van der Waals surface area contributed by atoms with Crippen LogP contribution in [-0.2, 0) is 57.7 Å². The minimum atomic E-state index is -4.30. The molecule has 0 aromatic carbocycles. The highest BCUT2D eigenvalue weighted by molar-refractivity contribution is 8.16. The van der Waals surface area contributed by atoms with Crippen molar-refractivity contribution < 1.29 is 37.0 Å². The molecule has 19 heteroatoms. The number of nitrogens with one attached hydrogen (secondary N) is 1. The smallest absolute Gasteiger partial charge is 0.414 e. The van der Waals surface area contributed by atoms with Gasteiger partial charge in [-0.25, -0.2) is 9.11 Å². The molecular formula is C16H30N2O10P3S3Si+. The van der Waals surface area contributed by atoms with Crippen molar-refractivity contribution in [2.45, 2.75) is 70.7 Å². The number of H-pyrrole nitrogens is 1. The maximum absolute atomic E-state index is 12.4. The van der Waals surface area contributed by atoms with Crippen molar-refractivity contribution in [3.63, 3.8) is 0 Å². The molecule has 0 radical (unpaired) electrons. The lowest BCUT2D eigenvalue weighted by atomic mass is 10.2. The van der Waals surface area contributed by atoms with Crippen LogP contribution in [-0.4, -0.2) is 51.4 Å². The van der Waals surface area contributed by atoms with Gasteiger partial charge in [-0.1, -0.05) is 25.1 Å². The summed E-state index contributed by atoms with van der Waals surface area (Å²) in [5, 5.41) is -0.0723. The third kappa shape index (κ3) is 9.27. The first-order chi connectivity index (χ1) is 15.7. The Balaban J connectivity index is 2.25. The van der Waals surface area contributed by atoms with Crippen molar-refractivity contribution in [2.24, 2.45) is 0 Å². The first kappa shape index (κ1) is 31.6. The summed E-state index contributed by atoms with van der Waals surface area (Å²) in [5.41, 5.74) is -0.829. The number of aromatic amines is 1. The molecule has 2 rings (SSSR count). The molecule has 35 heavy (non-hydrogen) atoms. The fourth-order valence-corrected chi connectivity index (χ4v) is 10.6. The zero-order valence-corrected chi connectivity index (χ0v) is 26.1. The van der Waals surface area contributed by atoms with Gasteiger partial charge in [-0.05, 0) is 48.7 Å². The van der Waals surface area contributed by atoms with Crippen molar-refractivity contribution in [1.82, 2.24) is 9.55 Å². The molecule has 4 N–H and O–H groups in total. The van der Waals surface area contributed by atoms with Gasteiger partial charge in [0, 0.05) is 18.2 Å². The van der Waals surface area contributed by atoms with Crippen molar-refractivity contribution in [3.05, 3.63) is 32.6 Å². The van der Waals surface area contributed by atoms with Gasteiger partial charge >= 0.3 is 26.3 Å². The molecule has 2 heterocycles. The Kier molecular flexibility index (Phi) is 10.5. The Bertz CT molecular complexity index is 1160. The molecule has 0 amide bonds. The summed E-state index contributed by atoms with van der Waals surface area (Å²) in [6, 6.07) is 0. The van der Waals surface area contributed by atoms with E-state index in [1.54, 1.807) is 6.92 Å². The largest absolute Gasteiger partial charge is 0.531 e. The van der Waals surface area contributed by atoms with Crippen LogP contribution in [0, 0.1) is 6.92 Å². The summed E-state index contributed by atoms with van der Waals surface area (Å²) < 4.78 is 28.9. The highest BCUT2D eigenvalue weighted by Crippen LogP contribution is 2.62. The summed E-state index contributed by atoms with van der Waals surface area (Å²) >= 11 is 14.2. The number of nitrogens with zero attached hydrogens (tertiary/aromatic N) is 1. The Labute approximate surface area is 220 Å².